The smallest absolute Gasteiger partial charge is 0.293 e. The fourth-order valence-electron chi connectivity index (χ4n) is 5.80. The molecule has 1 unspecified atom stereocenters. The molecule has 0 amide bonds. The predicted octanol–water partition coefficient (Wildman–Crippen LogP) is 3.94. The Bertz CT molecular complexity index is 995. The van der Waals surface area contributed by atoms with Gasteiger partial charge >= 0.3 is 0 Å². The average Bonchev–Trinajstić information content (AvgIpc) is 2.79. The molecule has 0 spiro atoms. The van der Waals surface area contributed by atoms with Crippen LogP contribution in [0.2, 0.25) is 13.1 Å². The van der Waals surface area contributed by atoms with E-state index in [1.54, 1.807) is 0 Å². The lowest BCUT2D eigenvalue weighted by Crippen LogP contribution is -2.51. The molecule has 3 heterocycles. The molecule has 1 aliphatic carbocycles. The first-order valence-electron chi connectivity index (χ1n) is 12.3. The second-order valence-electron chi connectivity index (χ2n) is 10.1. The van der Waals surface area contributed by atoms with Crippen LogP contribution in [0, 0.1) is 0 Å². The summed E-state index contributed by atoms with van der Waals surface area (Å²) in [6.07, 6.45) is 12.8. The molecule has 3 aliphatic heterocycles. The molecule has 1 saturated heterocycles. The number of ether oxygens (including phenoxy) is 1. The van der Waals surface area contributed by atoms with E-state index in [1.165, 1.54) is 57.9 Å². The van der Waals surface area contributed by atoms with Crippen molar-refractivity contribution in [2.75, 3.05) is 31.1 Å². The minimum absolute atomic E-state index is 0.406. The number of aliphatic imine (C=N–C) groups is 1. The van der Waals surface area contributed by atoms with Gasteiger partial charge in [0.05, 0.1) is 18.0 Å². The molecular formula is C26H35N3O2Si. The Morgan fingerprint density at radius 3 is 3.00 bits per heavy atom. The molecule has 5 rings (SSSR count). The van der Waals surface area contributed by atoms with Crippen molar-refractivity contribution in [3.8, 4) is 0 Å². The second-order valence-corrected chi connectivity index (χ2v) is 14.4. The number of allylic oxidation sites excluding steroid dienone is 2. The maximum atomic E-state index is 10.3. The van der Waals surface area contributed by atoms with Crippen molar-refractivity contribution in [1.82, 2.24) is 5.32 Å². The van der Waals surface area contributed by atoms with Crippen molar-refractivity contribution in [3.63, 3.8) is 0 Å². The van der Waals surface area contributed by atoms with E-state index in [2.05, 4.69) is 47.6 Å². The number of fused-ring (bicyclic) bond motifs is 4. The highest BCUT2D eigenvalue weighted by Gasteiger charge is 2.40. The standard InChI is InChI=1S/C26H35N3O2Si/c1-32(2)25-16-21-19(8-6-10-27-21)14-22(25)28-23-15-20-9-7-12-29(24(20)17-26(23)32)11-4-3-5-13-31-18-30/h14-18,21,27H,3-13H2,1-2H3. The van der Waals surface area contributed by atoms with Gasteiger partial charge in [-0.3, -0.25) is 4.79 Å². The van der Waals surface area contributed by atoms with Crippen molar-refractivity contribution in [1.29, 1.82) is 0 Å². The summed E-state index contributed by atoms with van der Waals surface area (Å²) >= 11 is 0. The molecule has 170 valence electrons. The van der Waals surface area contributed by atoms with Crippen LogP contribution in [0.3, 0.4) is 0 Å². The monoisotopic (exact) mass is 449 g/mol. The van der Waals surface area contributed by atoms with E-state index < -0.39 is 8.07 Å². The molecule has 1 N–H and O–H groups in total. The third-order valence-corrected chi connectivity index (χ3v) is 11.1. The second kappa shape index (κ2) is 8.98. The summed E-state index contributed by atoms with van der Waals surface area (Å²) in [5, 5.41) is 6.70. The number of hydrogen-bond donors (Lipinski definition) is 1. The number of carbonyl (C=O) groups is 1. The molecule has 0 bridgehead atoms. The largest absolute Gasteiger partial charge is 0.468 e. The third kappa shape index (κ3) is 3.99. The number of nitrogens with one attached hydrogen (secondary N) is 1. The Morgan fingerprint density at radius 1 is 1.22 bits per heavy atom. The van der Waals surface area contributed by atoms with Gasteiger partial charge in [-0.1, -0.05) is 19.2 Å². The molecule has 0 saturated carbocycles. The number of unbranched alkanes of at least 4 members (excludes halogenated alkanes) is 2. The van der Waals surface area contributed by atoms with Crippen LogP contribution in [-0.4, -0.2) is 52.5 Å². The van der Waals surface area contributed by atoms with Gasteiger partial charge in [0.25, 0.3) is 6.47 Å². The first-order chi connectivity index (χ1) is 15.6. The highest BCUT2D eigenvalue weighted by atomic mass is 28.3. The summed E-state index contributed by atoms with van der Waals surface area (Å²) in [6.45, 7) is 9.40. The highest BCUT2D eigenvalue weighted by Crippen LogP contribution is 2.38. The fourth-order valence-corrected chi connectivity index (χ4v) is 8.71. The van der Waals surface area contributed by atoms with Gasteiger partial charge in [0.2, 0.25) is 0 Å². The van der Waals surface area contributed by atoms with Crippen LogP contribution in [-0.2, 0) is 16.0 Å². The SMILES string of the molecule is C[Si]1(C)C2=CC3NCCCC3=CC2=Nc2cc3c(cc21)N(CCCCCOC=O)CCC3. The number of benzene rings is 1. The Morgan fingerprint density at radius 2 is 2.12 bits per heavy atom. The maximum absolute atomic E-state index is 10.3. The van der Waals surface area contributed by atoms with Gasteiger partial charge in [-0.15, -0.1) is 0 Å². The lowest BCUT2D eigenvalue weighted by atomic mass is 9.92. The Hall–Kier alpha value is -2.18. The topological polar surface area (TPSA) is 53.9 Å². The van der Waals surface area contributed by atoms with E-state index in [9.17, 15) is 4.79 Å². The van der Waals surface area contributed by atoms with Crippen LogP contribution in [0.15, 0.2) is 40.0 Å². The summed E-state index contributed by atoms with van der Waals surface area (Å²) in [5.41, 5.74) is 6.85. The Kier molecular flexibility index (Phi) is 6.08. The van der Waals surface area contributed by atoms with E-state index in [0.29, 0.717) is 19.1 Å². The quantitative estimate of drug-likeness (QED) is 0.389. The lowest BCUT2D eigenvalue weighted by Gasteiger charge is -2.39. The Balaban J connectivity index is 1.42. The molecule has 1 aromatic carbocycles. The zero-order chi connectivity index (χ0) is 22.1. The summed E-state index contributed by atoms with van der Waals surface area (Å²) < 4.78 is 4.83. The third-order valence-electron chi connectivity index (χ3n) is 7.59. The predicted molar refractivity (Wildman–Crippen MR) is 134 cm³/mol. The number of rotatable bonds is 7. The normalized spacial score (nSPS) is 23.0. The molecule has 1 aromatic rings. The van der Waals surface area contributed by atoms with Gasteiger partial charge in [0.15, 0.2) is 0 Å². The molecule has 0 radical (unpaired) electrons. The van der Waals surface area contributed by atoms with Gasteiger partial charge in [0.1, 0.15) is 8.07 Å². The molecule has 1 fully saturated rings. The molecule has 0 aromatic heterocycles. The fraction of sp³-hybridized carbons (Fsp3) is 0.538. The average molecular weight is 450 g/mol. The van der Waals surface area contributed by atoms with Crippen molar-refractivity contribution in [2.45, 2.75) is 64.1 Å². The minimum atomic E-state index is -1.82. The zero-order valence-corrected chi connectivity index (χ0v) is 20.5. The van der Waals surface area contributed by atoms with E-state index in [4.69, 9.17) is 9.73 Å². The number of carbonyl (C=O) groups excluding carboxylic acids is 1. The van der Waals surface area contributed by atoms with Crippen LogP contribution >= 0.6 is 0 Å². The minimum Gasteiger partial charge on any atom is -0.468 e. The van der Waals surface area contributed by atoms with Gasteiger partial charge in [-0.2, -0.15) is 0 Å². The summed E-state index contributed by atoms with van der Waals surface area (Å²) in [7, 11) is -1.82. The molecule has 5 nitrogen and oxygen atoms in total. The van der Waals surface area contributed by atoms with Gasteiger partial charge in [-0.25, -0.2) is 4.99 Å². The van der Waals surface area contributed by atoms with Crippen molar-refractivity contribution < 1.29 is 9.53 Å². The number of anilines is 1. The molecule has 1 atom stereocenters. The number of nitrogens with zero attached hydrogens (tertiary/aromatic N) is 2. The summed E-state index contributed by atoms with van der Waals surface area (Å²) in [4.78, 5) is 18.1. The molecule has 4 aliphatic rings. The Labute approximate surface area is 192 Å². The zero-order valence-electron chi connectivity index (χ0n) is 19.5. The van der Waals surface area contributed by atoms with Gasteiger partial charge in [0, 0.05) is 24.8 Å². The number of hydrogen-bond acceptors (Lipinski definition) is 5. The maximum Gasteiger partial charge on any atom is 0.293 e. The van der Waals surface area contributed by atoms with Crippen LogP contribution in [0.4, 0.5) is 11.4 Å². The lowest BCUT2D eigenvalue weighted by molar-refractivity contribution is -0.128. The van der Waals surface area contributed by atoms with Gasteiger partial charge in [-0.05, 0) is 91.2 Å². The first-order valence-corrected chi connectivity index (χ1v) is 15.3. The summed E-state index contributed by atoms with van der Waals surface area (Å²) in [6, 6.07) is 5.31. The van der Waals surface area contributed by atoms with Crippen LogP contribution in [0.5, 0.6) is 0 Å². The number of aryl methyl sites for hydroxylation is 1. The van der Waals surface area contributed by atoms with E-state index in [0.717, 1.165) is 45.3 Å². The molecular weight excluding hydrogens is 414 g/mol. The van der Waals surface area contributed by atoms with Crippen LogP contribution in [0.25, 0.3) is 0 Å². The highest BCUT2D eigenvalue weighted by molar-refractivity contribution is 7.00. The van der Waals surface area contributed by atoms with E-state index >= 15 is 0 Å². The number of piperidine rings is 1. The van der Waals surface area contributed by atoms with E-state index in [1.807, 2.05) is 0 Å². The molecule has 32 heavy (non-hydrogen) atoms. The van der Waals surface area contributed by atoms with Crippen LogP contribution < -0.4 is 15.4 Å². The van der Waals surface area contributed by atoms with E-state index in [-0.39, 0.29) is 0 Å². The molecule has 6 heteroatoms. The van der Waals surface area contributed by atoms with Gasteiger partial charge < -0.3 is 15.0 Å². The van der Waals surface area contributed by atoms with Crippen molar-refractivity contribution in [3.05, 3.63) is 40.6 Å². The summed E-state index contributed by atoms with van der Waals surface area (Å²) in [5.74, 6) is 0. The first kappa shape index (κ1) is 21.7. The van der Waals surface area contributed by atoms with Crippen molar-refractivity contribution in [2.24, 2.45) is 4.99 Å². The van der Waals surface area contributed by atoms with Crippen LogP contribution in [0.1, 0.15) is 44.1 Å². The van der Waals surface area contributed by atoms with Crippen molar-refractivity contribution >= 4 is 36.8 Å².